The van der Waals surface area contributed by atoms with Gasteiger partial charge in [-0.2, -0.15) is 17.5 Å². The maximum Gasteiger partial charge on any atom is 0.411 e. The molecule has 0 unspecified atom stereocenters. The summed E-state index contributed by atoms with van der Waals surface area (Å²) < 4.78 is 43.7. The number of hydrogen-bond acceptors (Lipinski definition) is 4. The topological polar surface area (TPSA) is 51.2 Å². The summed E-state index contributed by atoms with van der Waals surface area (Å²) >= 11 is 4.12. The van der Waals surface area contributed by atoms with E-state index in [0.29, 0.717) is 9.35 Å². The van der Waals surface area contributed by atoms with E-state index in [1.807, 2.05) is 0 Å². The van der Waals surface area contributed by atoms with E-state index in [0.717, 1.165) is 11.5 Å². The van der Waals surface area contributed by atoms with Crippen molar-refractivity contribution in [3.05, 3.63) is 15.5 Å². The van der Waals surface area contributed by atoms with Crippen LogP contribution in [0.1, 0.15) is 9.67 Å². The van der Waals surface area contributed by atoms with E-state index in [4.69, 9.17) is 0 Å². The first-order valence-corrected chi connectivity index (χ1v) is 5.99. The van der Waals surface area contributed by atoms with Gasteiger partial charge in [0.15, 0.2) is 0 Å². The minimum Gasteiger partial charge on any atom is -0.370 e. The van der Waals surface area contributed by atoms with Crippen LogP contribution in [0.5, 0.6) is 0 Å². The average molecular weight is 333 g/mol. The van der Waals surface area contributed by atoms with Crippen LogP contribution in [-0.4, -0.2) is 36.2 Å². The molecule has 96 valence electrons. The summed E-state index contributed by atoms with van der Waals surface area (Å²) in [7, 11) is 0. The van der Waals surface area contributed by atoms with Gasteiger partial charge in [-0.15, -0.1) is 0 Å². The fourth-order valence-corrected chi connectivity index (χ4v) is 2.08. The Labute approximate surface area is 107 Å². The normalized spacial score (nSPS) is 11.5. The Hall–Kier alpha value is -0.670. The Morgan fingerprint density at radius 3 is 2.82 bits per heavy atom. The highest BCUT2D eigenvalue weighted by Gasteiger charge is 2.27. The molecule has 1 heterocycles. The molecule has 0 bridgehead atoms. The Balaban J connectivity index is 2.20. The van der Waals surface area contributed by atoms with Crippen molar-refractivity contribution in [2.75, 3.05) is 19.8 Å². The number of aromatic nitrogens is 1. The van der Waals surface area contributed by atoms with Gasteiger partial charge < -0.3 is 10.1 Å². The molecule has 0 atom stereocenters. The molecule has 4 nitrogen and oxygen atoms in total. The zero-order chi connectivity index (χ0) is 12.9. The second-order valence-electron chi connectivity index (χ2n) is 2.93. The van der Waals surface area contributed by atoms with Crippen molar-refractivity contribution in [1.29, 1.82) is 0 Å². The van der Waals surface area contributed by atoms with Crippen LogP contribution in [0.4, 0.5) is 13.2 Å². The summed E-state index contributed by atoms with van der Waals surface area (Å²) in [6.07, 6.45) is -2.87. The number of carbonyl (C=O) groups is 1. The number of hydrogen-bond donors (Lipinski definition) is 1. The van der Waals surface area contributed by atoms with Crippen LogP contribution in [0.3, 0.4) is 0 Å². The third kappa shape index (κ3) is 5.46. The fourth-order valence-electron chi connectivity index (χ4n) is 0.882. The van der Waals surface area contributed by atoms with E-state index >= 15 is 0 Å². The zero-order valence-corrected chi connectivity index (χ0v) is 10.8. The predicted octanol–water partition coefficient (Wildman–Crippen LogP) is 2.21. The van der Waals surface area contributed by atoms with Crippen LogP contribution in [0.2, 0.25) is 0 Å². The molecule has 1 N–H and O–H groups in total. The molecular weight excluding hydrogens is 325 g/mol. The zero-order valence-electron chi connectivity index (χ0n) is 8.38. The molecular formula is C8H8BrF3N2O2S. The highest BCUT2D eigenvalue weighted by Crippen LogP contribution is 2.19. The Kier molecular flexibility index (Phi) is 5.34. The molecule has 1 aromatic rings. The Morgan fingerprint density at radius 1 is 1.59 bits per heavy atom. The summed E-state index contributed by atoms with van der Waals surface area (Å²) in [5.74, 6) is -0.394. The third-order valence-corrected chi connectivity index (χ3v) is 3.19. The molecule has 0 saturated heterocycles. The standard InChI is InChI=1S/C8H8BrF3N2O2S/c9-5-3-14-17-6(5)7(15)13-1-2-16-4-8(10,11)12/h3H,1-2,4H2,(H,13,15). The number of rotatable bonds is 5. The van der Waals surface area contributed by atoms with Crippen molar-refractivity contribution in [3.63, 3.8) is 0 Å². The van der Waals surface area contributed by atoms with Crippen LogP contribution in [-0.2, 0) is 4.74 Å². The van der Waals surface area contributed by atoms with E-state index in [9.17, 15) is 18.0 Å². The van der Waals surface area contributed by atoms with Gasteiger partial charge in [-0.3, -0.25) is 4.79 Å². The Bertz CT molecular complexity index is 383. The fraction of sp³-hybridized carbons (Fsp3) is 0.500. The Morgan fingerprint density at radius 2 is 2.29 bits per heavy atom. The first-order valence-electron chi connectivity index (χ1n) is 4.43. The highest BCUT2D eigenvalue weighted by molar-refractivity contribution is 9.10. The smallest absolute Gasteiger partial charge is 0.370 e. The van der Waals surface area contributed by atoms with E-state index in [2.05, 4.69) is 30.4 Å². The third-order valence-electron chi connectivity index (χ3n) is 1.53. The van der Waals surface area contributed by atoms with Crippen LogP contribution in [0, 0.1) is 0 Å². The van der Waals surface area contributed by atoms with Crippen LogP contribution >= 0.6 is 27.5 Å². The molecule has 0 spiro atoms. The molecule has 0 aromatic carbocycles. The van der Waals surface area contributed by atoms with Crippen molar-refractivity contribution in [1.82, 2.24) is 9.69 Å². The lowest BCUT2D eigenvalue weighted by atomic mass is 10.4. The van der Waals surface area contributed by atoms with E-state index < -0.39 is 18.7 Å². The molecule has 17 heavy (non-hydrogen) atoms. The van der Waals surface area contributed by atoms with Gasteiger partial charge in [0.05, 0.1) is 17.3 Å². The lowest BCUT2D eigenvalue weighted by Gasteiger charge is -2.07. The van der Waals surface area contributed by atoms with Gasteiger partial charge in [0.25, 0.3) is 5.91 Å². The molecule has 0 fully saturated rings. The lowest BCUT2D eigenvalue weighted by Crippen LogP contribution is -2.28. The molecule has 0 aliphatic carbocycles. The van der Waals surface area contributed by atoms with Gasteiger partial charge in [0.1, 0.15) is 11.5 Å². The maximum atomic E-state index is 11.7. The first-order chi connectivity index (χ1) is 7.90. The lowest BCUT2D eigenvalue weighted by molar-refractivity contribution is -0.173. The molecule has 0 aliphatic rings. The van der Waals surface area contributed by atoms with Crippen LogP contribution < -0.4 is 5.32 Å². The summed E-state index contributed by atoms with van der Waals surface area (Å²) in [5, 5.41) is 2.42. The molecule has 1 aromatic heterocycles. The predicted molar refractivity (Wildman–Crippen MR) is 59.0 cm³/mol. The van der Waals surface area contributed by atoms with Gasteiger partial charge in [0, 0.05) is 6.54 Å². The number of ether oxygens (including phenoxy) is 1. The minimum atomic E-state index is -4.34. The van der Waals surface area contributed by atoms with Crippen molar-refractivity contribution in [2.24, 2.45) is 0 Å². The van der Waals surface area contributed by atoms with Crippen molar-refractivity contribution in [3.8, 4) is 0 Å². The summed E-state index contributed by atoms with van der Waals surface area (Å²) in [4.78, 5) is 11.8. The van der Waals surface area contributed by atoms with Gasteiger partial charge in [-0.05, 0) is 27.5 Å². The number of halogens is 4. The first kappa shape index (κ1) is 14.4. The summed E-state index contributed by atoms with van der Waals surface area (Å²) in [5.41, 5.74) is 0. The van der Waals surface area contributed by atoms with Crippen molar-refractivity contribution < 1.29 is 22.7 Å². The van der Waals surface area contributed by atoms with E-state index in [1.165, 1.54) is 6.20 Å². The van der Waals surface area contributed by atoms with E-state index in [1.54, 1.807) is 0 Å². The highest BCUT2D eigenvalue weighted by atomic mass is 79.9. The molecule has 1 amide bonds. The van der Waals surface area contributed by atoms with Gasteiger partial charge >= 0.3 is 6.18 Å². The van der Waals surface area contributed by atoms with Crippen molar-refractivity contribution in [2.45, 2.75) is 6.18 Å². The van der Waals surface area contributed by atoms with Gasteiger partial charge in [-0.1, -0.05) is 0 Å². The number of nitrogens with one attached hydrogen (secondary N) is 1. The maximum absolute atomic E-state index is 11.7. The quantitative estimate of drug-likeness (QED) is 0.841. The summed E-state index contributed by atoms with van der Waals surface area (Å²) in [6, 6.07) is 0. The van der Waals surface area contributed by atoms with Crippen molar-refractivity contribution >= 4 is 33.4 Å². The number of nitrogens with zero attached hydrogens (tertiary/aromatic N) is 1. The minimum absolute atomic E-state index is 0.0131. The summed E-state index contributed by atoms with van der Waals surface area (Å²) in [6.45, 7) is -1.49. The van der Waals surface area contributed by atoms with Crippen LogP contribution in [0.25, 0.3) is 0 Å². The molecule has 0 saturated carbocycles. The number of carbonyl (C=O) groups excluding carboxylic acids is 1. The second-order valence-corrected chi connectivity index (χ2v) is 4.58. The monoisotopic (exact) mass is 332 g/mol. The largest absolute Gasteiger partial charge is 0.411 e. The molecule has 0 radical (unpaired) electrons. The van der Waals surface area contributed by atoms with Gasteiger partial charge in [-0.25, -0.2) is 0 Å². The number of alkyl halides is 3. The van der Waals surface area contributed by atoms with Crippen LogP contribution in [0.15, 0.2) is 10.7 Å². The number of amides is 1. The van der Waals surface area contributed by atoms with E-state index in [-0.39, 0.29) is 13.2 Å². The molecule has 9 heteroatoms. The average Bonchev–Trinajstić information content (AvgIpc) is 2.62. The second kappa shape index (κ2) is 6.31. The SMILES string of the molecule is O=C(NCCOCC(F)(F)F)c1sncc1Br. The molecule has 1 rings (SSSR count). The molecule has 0 aliphatic heterocycles. The van der Waals surface area contributed by atoms with Gasteiger partial charge in [0.2, 0.25) is 0 Å².